The van der Waals surface area contributed by atoms with E-state index in [0.717, 1.165) is 68.9 Å². The molecular weight excluding hydrogens is 514 g/mol. The maximum atomic E-state index is 13.4. The normalized spacial score (nSPS) is 24.5. The van der Waals surface area contributed by atoms with Gasteiger partial charge in [-0.2, -0.15) is 9.98 Å². The molecule has 4 aliphatic rings. The molecule has 0 spiro atoms. The minimum Gasteiger partial charge on any atom is -0.512 e. The van der Waals surface area contributed by atoms with E-state index < -0.39 is 11.6 Å². The number of aliphatic hydroxyl groups is 1. The zero-order chi connectivity index (χ0) is 29.0. The van der Waals surface area contributed by atoms with Crippen LogP contribution < -0.4 is 10.6 Å². The summed E-state index contributed by atoms with van der Waals surface area (Å²) >= 11 is 0. The molecule has 2 aliphatic carbocycles. The number of aryl methyl sites for hydroxylation is 2. The predicted octanol–water partition coefficient (Wildman–Crippen LogP) is 5.03. The van der Waals surface area contributed by atoms with E-state index >= 15 is 0 Å². The minimum absolute atomic E-state index is 0.0202. The Hall–Kier alpha value is -3.10. The van der Waals surface area contributed by atoms with Gasteiger partial charge in [-0.05, 0) is 86.9 Å². The van der Waals surface area contributed by atoms with Crippen molar-refractivity contribution in [2.45, 2.75) is 104 Å². The summed E-state index contributed by atoms with van der Waals surface area (Å²) in [4.78, 5) is 22.1. The van der Waals surface area contributed by atoms with Gasteiger partial charge in [-0.25, -0.2) is 4.79 Å². The Morgan fingerprint density at radius 2 is 2.00 bits per heavy atom. The quantitative estimate of drug-likeness (QED) is 0.172. The summed E-state index contributed by atoms with van der Waals surface area (Å²) in [6.07, 6.45) is 11.6. The Balaban J connectivity index is 1.28. The van der Waals surface area contributed by atoms with Crippen LogP contribution in [-0.4, -0.2) is 40.7 Å². The van der Waals surface area contributed by atoms with Crippen LogP contribution in [0.3, 0.4) is 0 Å². The number of rotatable bonds is 11. The first-order chi connectivity index (χ1) is 19.7. The van der Waals surface area contributed by atoms with Crippen molar-refractivity contribution in [3.8, 4) is 0 Å². The Morgan fingerprint density at radius 1 is 1.22 bits per heavy atom. The van der Waals surface area contributed by atoms with E-state index in [0.29, 0.717) is 18.8 Å². The highest BCUT2D eigenvalue weighted by atomic mass is 16.6. The minimum atomic E-state index is -0.716. The van der Waals surface area contributed by atoms with Crippen molar-refractivity contribution in [2.24, 2.45) is 21.8 Å². The lowest BCUT2D eigenvalue weighted by Crippen LogP contribution is -2.86. The van der Waals surface area contributed by atoms with Gasteiger partial charge in [0, 0.05) is 32.4 Å². The van der Waals surface area contributed by atoms with Crippen molar-refractivity contribution < 1.29 is 20.0 Å². The first-order valence-electron chi connectivity index (χ1n) is 15.4. The largest absolute Gasteiger partial charge is 0.512 e. The molecule has 1 aromatic carbocycles. The van der Waals surface area contributed by atoms with Crippen LogP contribution in [0.2, 0.25) is 0 Å². The first kappa shape index (κ1) is 29.4. The summed E-state index contributed by atoms with van der Waals surface area (Å²) < 4.78 is 6.29. The van der Waals surface area contributed by atoms with Gasteiger partial charge in [0.2, 0.25) is 0 Å². The average molecular weight is 561 g/mol. The van der Waals surface area contributed by atoms with Crippen LogP contribution in [0.1, 0.15) is 95.2 Å². The summed E-state index contributed by atoms with van der Waals surface area (Å²) in [5.74, 6) is 1.05. The van der Waals surface area contributed by atoms with Gasteiger partial charge in [-0.1, -0.05) is 38.0 Å². The smallest absolute Gasteiger partial charge is 0.338 e. The monoisotopic (exact) mass is 560 g/mol. The third kappa shape index (κ3) is 7.41. The predicted molar refractivity (Wildman–Crippen MR) is 162 cm³/mol. The van der Waals surface area contributed by atoms with Crippen molar-refractivity contribution in [2.75, 3.05) is 6.54 Å². The lowest BCUT2D eigenvalue weighted by molar-refractivity contribution is -0.486. The number of carbonyl (C=O) groups excluding carboxylic acids is 1. The molecule has 0 bridgehead atoms. The molecule has 2 saturated carbocycles. The number of esters is 1. The Kier molecular flexibility index (Phi) is 9.19. The first-order valence-corrected chi connectivity index (χ1v) is 15.4. The highest BCUT2D eigenvalue weighted by molar-refractivity contribution is 6.05. The number of nitrogens with zero attached hydrogens (tertiary/aromatic N) is 2. The summed E-state index contributed by atoms with van der Waals surface area (Å²) in [6, 6.07) is 6.77. The van der Waals surface area contributed by atoms with E-state index in [1.165, 1.54) is 29.5 Å². The number of carbonyl (C=O) groups is 1. The number of guanidine groups is 1. The molecule has 41 heavy (non-hydrogen) atoms. The molecule has 5 rings (SSSR count). The number of ether oxygens (including phenoxy) is 1. The van der Waals surface area contributed by atoms with Crippen molar-refractivity contribution in [1.29, 1.82) is 5.41 Å². The van der Waals surface area contributed by atoms with E-state index in [-0.39, 0.29) is 29.5 Å². The number of quaternary nitrogens is 1. The molecule has 5 N–H and O–H groups in total. The second-order valence-corrected chi connectivity index (χ2v) is 12.4. The summed E-state index contributed by atoms with van der Waals surface area (Å²) in [5.41, 5.74) is 5.24. The number of benzene rings is 1. The zero-order valence-electron chi connectivity index (χ0n) is 24.9. The lowest BCUT2D eigenvalue weighted by Gasteiger charge is -2.42. The third-order valence-electron chi connectivity index (χ3n) is 9.07. The second-order valence-electron chi connectivity index (χ2n) is 12.4. The SMILES string of the molecule is CCc1cc(CCC2(C3CCCC3)CC(O)=C(CC(=N)N=C3N=C(C)C=C(C)[NH2+]3)C(=O)O2)ccc1CNCC1CC1. The van der Waals surface area contributed by atoms with Crippen LogP contribution in [0.25, 0.3) is 0 Å². The number of aliphatic imine (C=N–C) groups is 2. The van der Waals surface area contributed by atoms with Gasteiger partial charge in [0.25, 0.3) is 0 Å². The highest BCUT2D eigenvalue weighted by Gasteiger charge is 2.48. The van der Waals surface area contributed by atoms with Crippen molar-refractivity contribution >= 4 is 23.5 Å². The Labute approximate surface area is 244 Å². The molecule has 1 atom stereocenters. The van der Waals surface area contributed by atoms with E-state index in [1.807, 2.05) is 19.9 Å². The molecule has 0 radical (unpaired) electrons. The number of nitrogens with one attached hydrogen (secondary N) is 2. The number of nitrogens with two attached hydrogens (primary N) is 1. The molecule has 0 aromatic heterocycles. The van der Waals surface area contributed by atoms with Crippen LogP contribution in [0.4, 0.5) is 0 Å². The van der Waals surface area contributed by atoms with Crippen LogP contribution >= 0.6 is 0 Å². The van der Waals surface area contributed by atoms with Crippen LogP contribution in [0.5, 0.6) is 0 Å². The molecule has 2 aliphatic heterocycles. The summed E-state index contributed by atoms with van der Waals surface area (Å²) in [6.45, 7) is 8.06. The molecule has 1 aromatic rings. The number of hydrogen-bond donors (Lipinski definition) is 4. The number of amidine groups is 1. The van der Waals surface area contributed by atoms with Gasteiger partial charge in [0.05, 0.1) is 11.3 Å². The molecule has 8 heteroatoms. The van der Waals surface area contributed by atoms with Gasteiger partial charge in [-0.3, -0.25) is 10.7 Å². The Morgan fingerprint density at radius 3 is 2.68 bits per heavy atom. The second kappa shape index (κ2) is 12.8. The van der Waals surface area contributed by atoms with Gasteiger partial charge < -0.3 is 15.2 Å². The van der Waals surface area contributed by atoms with Crippen molar-refractivity contribution in [3.05, 3.63) is 58.0 Å². The molecule has 2 fully saturated rings. The van der Waals surface area contributed by atoms with E-state index in [2.05, 4.69) is 40.4 Å². The number of hydrogen-bond acceptors (Lipinski definition) is 5. The molecule has 0 saturated heterocycles. The third-order valence-corrected chi connectivity index (χ3v) is 9.07. The standard InChI is InChI=1S/C33H45N5O3/c1-4-25-16-23(11-12-26(25)20-35-19-24-9-10-24)13-14-33(27-7-5-6-8-27)18-29(39)28(31(40)41-33)17-30(34)38-32-36-21(2)15-22(3)37-32/h11-12,15-16,24,27,35,39H,4-10,13-14,17-20H2,1-3H3,(H2,34,36,37,38)/p+1. The average Bonchev–Trinajstić information content (AvgIpc) is 3.57. The fourth-order valence-electron chi connectivity index (χ4n) is 6.64. The van der Waals surface area contributed by atoms with E-state index in [1.54, 1.807) is 5.32 Å². The topological polar surface area (TPSA) is 124 Å². The van der Waals surface area contributed by atoms with E-state index in [4.69, 9.17) is 10.1 Å². The molecule has 2 heterocycles. The van der Waals surface area contributed by atoms with Gasteiger partial charge >= 0.3 is 11.9 Å². The molecule has 220 valence electrons. The van der Waals surface area contributed by atoms with Crippen LogP contribution in [-0.2, 0) is 28.9 Å². The fourth-order valence-corrected chi connectivity index (χ4v) is 6.64. The Bertz CT molecular complexity index is 1300. The van der Waals surface area contributed by atoms with Crippen LogP contribution in [0, 0.1) is 17.2 Å². The summed E-state index contributed by atoms with van der Waals surface area (Å²) in [5, 5.41) is 25.0. The number of aliphatic hydroxyl groups excluding tert-OH is 1. The van der Waals surface area contributed by atoms with Crippen molar-refractivity contribution in [1.82, 2.24) is 5.32 Å². The van der Waals surface area contributed by atoms with Crippen molar-refractivity contribution in [3.63, 3.8) is 0 Å². The lowest BCUT2D eigenvalue weighted by atomic mass is 9.76. The maximum absolute atomic E-state index is 13.4. The number of allylic oxidation sites excluding steroid dienone is 2. The van der Waals surface area contributed by atoms with Gasteiger partial charge in [0.15, 0.2) is 0 Å². The summed E-state index contributed by atoms with van der Waals surface area (Å²) in [7, 11) is 0. The fraction of sp³-hybridized carbons (Fsp3) is 0.576. The van der Waals surface area contributed by atoms with E-state index in [9.17, 15) is 9.90 Å². The molecule has 8 nitrogen and oxygen atoms in total. The van der Waals surface area contributed by atoms with Crippen LogP contribution in [0.15, 0.2) is 51.3 Å². The molecule has 1 unspecified atom stereocenters. The van der Waals surface area contributed by atoms with Gasteiger partial charge in [0.1, 0.15) is 22.9 Å². The highest BCUT2D eigenvalue weighted by Crippen LogP contribution is 2.46. The zero-order valence-corrected chi connectivity index (χ0v) is 24.9. The molecule has 0 amide bonds. The van der Waals surface area contributed by atoms with Gasteiger partial charge in [-0.15, -0.1) is 0 Å². The maximum Gasteiger partial charge on any atom is 0.338 e. The molecular formula is C33H46N5O3+. The number of cyclic esters (lactones) is 1.